The van der Waals surface area contributed by atoms with E-state index < -0.39 is 0 Å². The lowest BCUT2D eigenvalue weighted by molar-refractivity contribution is -0.135. The molecule has 0 bridgehead atoms. The van der Waals surface area contributed by atoms with Crippen molar-refractivity contribution < 1.29 is 9.59 Å². The van der Waals surface area contributed by atoms with Gasteiger partial charge in [0.25, 0.3) is 0 Å². The average Bonchev–Trinajstić information content (AvgIpc) is 2.38. The highest BCUT2D eigenvalue weighted by molar-refractivity contribution is 5.84. The Labute approximate surface area is 104 Å². The third kappa shape index (κ3) is 5.17. The number of nitrogens with one attached hydrogen (secondary N) is 1. The minimum atomic E-state index is -0.326. The van der Waals surface area contributed by atoms with Crippen LogP contribution in [0.1, 0.15) is 27.2 Å². The third-order valence-electron chi connectivity index (χ3n) is 2.61. The molecule has 100 valence electrons. The smallest absolute Gasteiger partial charge is 0.244 e. The molecule has 0 aromatic rings. The van der Waals surface area contributed by atoms with Crippen LogP contribution in [0.15, 0.2) is 0 Å². The molecule has 1 heterocycles. The second-order valence-corrected chi connectivity index (χ2v) is 3.91. The van der Waals surface area contributed by atoms with Crippen molar-refractivity contribution in [3.8, 4) is 0 Å². The number of hydrogen-bond donors (Lipinski definition) is 1. The molecule has 1 rings (SSSR count). The number of carbonyl (C=O) groups excluding carboxylic acids is 2. The first kappa shape index (κ1) is 15.9. The molecule has 17 heavy (non-hydrogen) atoms. The fraction of sp³-hybridized carbons (Fsp3) is 0.833. The molecule has 0 aromatic carbocycles. The van der Waals surface area contributed by atoms with Crippen LogP contribution in [0.3, 0.4) is 0 Å². The molecule has 2 amide bonds. The molecule has 1 atom stereocenters. The minimum Gasteiger partial charge on any atom is -0.354 e. The molecule has 1 unspecified atom stereocenters. The fourth-order valence-electron chi connectivity index (χ4n) is 1.66. The molecule has 0 spiro atoms. The van der Waals surface area contributed by atoms with Crippen molar-refractivity contribution in [3.63, 3.8) is 0 Å². The molecule has 1 aliphatic rings. The van der Waals surface area contributed by atoms with E-state index in [9.17, 15) is 9.59 Å². The summed E-state index contributed by atoms with van der Waals surface area (Å²) in [6.07, 6.45) is 1.68. The molecule has 0 aliphatic carbocycles. The van der Waals surface area contributed by atoms with E-state index in [2.05, 4.69) is 10.2 Å². The number of rotatable bonds is 4. The Bertz CT molecular complexity index is 234. The van der Waals surface area contributed by atoms with Crippen molar-refractivity contribution in [2.24, 2.45) is 0 Å². The van der Waals surface area contributed by atoms with Gasteiger partial charge in [0, 0.05) is 26.2 Å². The summed E-state index contributed by atoms with van der Waals surface area (Å²) in [5.74, 6) is -0.0458. The topological polar surface area (TPSA) is 52.7 Å². The Morgan fingerprint density at radius 3 is 2.59 bits per heavy atom. The Hall–Kier alpha value is -1.10. The summed E-state index contributed by atoms with van der Waals surface area (Å²) in [4.78, 5) is 26.2. The molecule has 5 heteroatoms. The summed E-state index contributed by atoms with van der Waals surface area (Å²) in [5, 5.41) is 2.82. The maximum atomic E-state index is 11.7. The molecule has 1 aliphatic heterocycles. The van der Waals surface area contributed by atoms with Gasteiger partial charge in [0.15, 0.2) is 0 Å². The van der Waals surface area contributed by atoms with Gasteiger partial charge in [0.2, 0.25) is 12.3 Å². The standard InChI is InChI=1S/C10H19N3O2.C2H6/c1-3-4-11-10(15)9-7-12(2)5-6-13(9)8-14;1-2/h8-9H,3-7H2,1-2H3,(H,11,15);1-2H3. The summed E-state index contributed by atoms with van der Waals surface area (Å²) >= 11 is 0. The Morgan fingerprint density at radius 1 is 1.41 bits per heavy atom. The summed E-state index contributed by atoms with van der Waals surface area (Å²) in [6.45, 7) is 8.76. The Balaban J connectivity index is 0.00000121. The minimum absolute atomic E-state index is 0.0458. The van der Waals surface area contributed by atoms with Gasteiger partial charge in [-0.25, -0.2) is 0 Å². The van der Waals surface area contributed by atoms with Gasteiger partial charge in [-0.3, -0.25) is 9.59 Å². The molecule has 0 saturated carbocycles. The highest BCUT2D eigenvalue weighted by atomic mass is 16.2. The van der Waals surface area contributed by atoms with Crippen LogP contribution >= 0.6 is 0 Å². The summed E-state index contributed by atoms with van der Waals surface area (Å²) in [5.41, 5.74) is 0. The lowest BCUT2D eigenvalue weighted by atomic mass is 10.1. The number of likely N-dealkylation sites (N-methyl/N-ethyl adjacent to an activating group) is 1. The van der Waals surface area contributed by atoms with Crippen LogP contribution < -0.4 is 5.32 Å². The SMILES string of the molecule is CC.CCCNC(=O)C1CN(C)CCN1C=O. The predicted molar refractivity (Wildman–Crippen MR) is 68.7 cm³/mol. The lowest BCUT2D eigenvalue weighted by Gasteiger charge is -2.36. The van der Waals surface area contributed by atoms with Crippen molar-refractivity contribution >= 4 is 12.3 Å². The average molecular weight is 243 g/mol. The largest absolute Gasteiger partial charge is 0.354 e. The second-order valence-electron chi connectivity index (χ2n) is 3.91. The second kappa shape index (κ2) is 8.98. The van der Waals surface area contributed by atoms with Gasteiger partial charge < -0.3 is 15.1 Å². The first-order valence-electron chi connectivity index (χ1n) is 6.36. The molecule has 1 fully saturated rings. The van der Waals surface area contributed by atoms with E-state index in [0.717, 1.165) is 19.4 Å². The fourth-order valence-corrected chi connectivity index (χ4v) is 1.66. The Kier molecular flexibility index (Phi) is 8.40. The zero-order chi connectivity index (χ0) is 13.3. The highest BCUT2D eigenvalue weighted by Crippen LogP contribution is 2.06. The van der Waals surface area contributed by atoms with E-state index in [1.807, 2.05) is 27.8 Å². The summed E-state index contributed by atoms with van der Waals surface area (Å²) in [7, 11) is 1.96. The van der Waals surface area contributed by atoms with Gasteiger partial charge in [0.05, 0.1) is 0 Å². The van der Waals surface area contributed by atoms with Crippen LogP contribution in [0.5, 0.6) is 0 Å². The van der Waals surface area contributed by atoms with Gasteiger partial charge in [-0.1, -0.05) is 20.8 Å². The van der Waals surface area contributed by atoms with E-state index in [1.54, 1.807) is 4.90 Å². The van der Waals surface area contributed by atoms with Crippen molar-refractivity contribution in [2.45, 2.75) is 33.2 Å². The quantitative estimate of drug-likeness (QED) is 0.723. The van der Waals surface area contributed by atoms with Crippen molar-refractivity contribution in [1.29, 1.82) is 0 Å². The van der Waals surface area contributed by atoms with E-state index in [0.29, 0.717) is 19.6 Å². The molecule has 0 radical (unpaired) electrons. The van der Waals surface area contributed by atoms with Crippen LogP contribution in [0.25, 0.3) is 0 Å². The van der Waals surface area contributed by atoms with Crippen LogP contribution in [-0.4, -0.2) is 61.4 Å². The molecule has 1 saturated heterocycles. The van der Waals surface area contributed by atoms with Gasteiger partial charge in [-0.05, 0) is 13.5 Å². The van der Waals surface area contributed by atoms with Crippen molar-refractivity contribution in [1.82, 2.24) is 15.1 Å². The van der Waals surface area contributed by atoms with Crippen molar-refractivity contribution in [2.75, 3.05) is 33.2 Å². The van der Waals surface area contributed by atoms with E-state index >= 15 is 0 Å². The third-order valence-corrected chi connectivity index (χ3v) is 2.61. The molecule has 1 N–H and O–H groups in total. The van der Waals surface area contributed by atoms with Crippen LogP contribution in [0.2, 0.25) is 0 Å². The summed E-state index contributed by atoms with van der Waals surface area (Å²) < 4.78 is 0. The van der Waals surface area contributed by atoms with Gasteiger partial charge >= 0.3 is 0 Å². The molecular formula is C12H25N3O2. The van der Waals surface area contributed by atoms with Crippen LogP contribution in [0.4, 0.5) is 0 Å². The number of amides is 2. The number of piperazine rings is 1. The number of nitrogens with zero attached hydrogens (tertiary/aromatic N) is 2. The van der Waals surface area contributed by atoms with Gasteiger partial charge in [0.1, 0.15) is 6.04 Å². The van der Waals surface area contributed by atoms with Crippen LogP contribution in [-0.2, 0) is 9.59 Å². The van der Waals surface area contributed by atoms with E-state index in [1.165, 1.54) is 0 Å². The first-order chi connectivity index (χ1) is 8.19. The van der Waals surface area contributed by atoms with Crippen LogP contribution in [0, 0.1) is 0 Å². The lowest BCUT2D eigenvalue weighted by Crippen LogP contribution is -2.57. The van der Waals surface area contributed by atoms with Crippen molar-refractivity contribution in [3.05, 3.63) is 0 Å². The monoisotopic (exact) mass is 243 g/mol. The Morgan fingerprint density at radius 2 is 2.06 bits per heavy atom. The maximum absolute atomic E-state index is 11.7. The van der Waals surface area contributed by atoms with E-state index in [-0.39, 0.29) is 11.9 Å². The predicted octanol–water partition coefficient (Wildman–Crippen LogP) is 0.311. The maximum Gasteiger partial charge on any atom is 0.244 e. The first-order valence-corrected chi connectivity index (χ1v) is 6.36. The zero-order valence-electron chi connectivity index (χ0n) is 11.4. The van der Waals surface area contributed by atoms with Gasteiger partial charge in [-0.2, -0.15) is 0 Å². The molecular weight excluding hydrogens is 218 g/mol. The molecule has 5 nitrogen and oxygen atoms in total. The van der Waals surface area contributed by atoms with Gasteiger partial charge in [-0.15, -0.1) is 0 Å². The number of hydrogen-bond acceptors (Lipinski definition) is 3. The number of carbonyl (C=O) groups is 2. The zero-order valence-corrected chi connectivity index (χ0v) is 11.4. The summed E-state index contributed by atoms with van der Waals surface area (Å²) in [6, 6.07) is -0.326. The van der Waals surface area contributed by atoms with E-state index in [4.69, 9.17) is 0 Å². The highest BCUT2D eigenvalue weighted by Gasteiger charge is 2.29. The normalized spacial score (nSPS) is 20.2. The molecule has 0 aromatic heterocycles.